The molecule has 2 saturated heterocycles. The van der Waals surface area contributed by atoms with Crippen LogP contribution in [0, 0.1) is 17.6 Å². The van der Waals surface area contributed by atoms with Gasteiger partial charge in [-0.15, -0.1) is 0 Å². The van der Waals surface area contributed by atoms with E-state index in [1.165, 1.54) is 12.1 Å². The van der Waals surface area contributed by atoms with Gasteiger partial charge in [-0.3, -0.25) is 14.9 Å². The summed E-state index contributed by atoms with van der Waals surface area (Å²) in [5, 5.41) is 5.21. The van der Waals surface area contributed by atoms with E-state index in [0.29, 0.717) is 18.8 Å². The predicted octanol–water partition coefficient (Wildman–Crippen LogP) is 3.12. The fraction of sp³-hybridized carbons (Fsp3) is 0.609. The minimum absolute atomic E-state index is 0.0477. The minimum Gasteiger partial charge on any atom is -0.442 e. The third-order valence-electron chi connectivity index (χ3n) is 7.60. The first kappa shape index (κ1) is 21.2. The lowest BCUT2D eigenvalue weighted by Crippen LogP contribution is -2.58. The molecule has 5 aliphatic rings. The topological polar surface area (TPSA) is 87.7 Å². The number of rotatable bonds is 4. The highest BCUT2D eigenvalue weighted by Gasteiger charge is 2.42. The van der Waals surface area contributed by atoms with Crippen LogP contribution in [0.1, 0.15) is 62.8 Å². The Morgan fingerprint density at radius 1 is 1.06 bits per heavy atom. The Hall–Kier alpha value is -2.71. The van der Waals surface area contributed by atoms with Crippen LogP contribution in [-0.4, -0.2) is 42.6 Å². The van der Waals surface area contributed by atoms with E-state index in [4.69, 9.17) is 4.74 Å². The van der Waals surface area contributed by atoms with Crippen LogP contribution in [0.4, 0.5) is 19.3 Å². The second kappa shape index (κ2) is 8.01. The smallest absolute Gasteiger partial charge is 0.407 e. The number of piperidine rings is 1. The second-order valence-corrected chi connectivity index (χ2v) is 9.65. The van der Waals surface area contributed by atoms with Crippen LogP contribution >= 0.6 is 0 Å². The molecule has 2 aliphatic heterocycles. The molecule has 2 N–H and O–H groups in total. The molecule has 3 amide bonds. The molecule has 0 unspecified atom stereocenters. The average Bonchev–Trinajstić information content (AvgIpc) is 2.72. The largest absolute Gasteiger partial charge is 0.442 e. The van der Waals surface area contributed by atoms with Crippen LogP contribution in [0.2, 0.25) is 0 Å². The number of nitrogens with zero attached hydrogens (tertiary/aromatic N) is 1. The fourth-order valence-corrected chi connectivity index (χ4v) is 5.61. The lowest BCUT2D eigenvalue weighted by molar-refractivity contribution is -0.134. The first-order valence-corrected chi connectivity index (χ1v) is 11.4. The number of ether oxygens (including phenoxy) is 1. The van der Waals surface area contributed by atoms with Crippen LogP contribution in [0.3, 0.4) is 0 Å². The zero-order valence-electron chi connectivity index (χ0n) is 17.8. The lowest BCUT2D eigenvalue weighted by Gasteiger charge is -2.47. The number of amides is 3. The average molecular weight is 447 g/mol. The molecule has 1 aromatic rings. The molecule has 9 heteroatoms. The van der Waals surface area contributed by atoms with Gasteiger partial charge >= 0.3 is 6.09 Å². The van der Waals surface area contributed by atoms with E-state index in [-0.39, 0.29) is 30.0 Å². The molecule has 32 heavy (non-hydrogen) atoms. The first-order chi connectivity index (χ1) is 15.3. The quantitative estimate of drug-likeness (QED) is 0.693. The SMILES string of the molecule is O=C1CC[C@@H](c2c(F)cc(N3CC(OC(=O)NC45CCC(CC4)CC5)C3)cc2F)C(=O)N1. The minimum atomic E-state index is -1.02. The molecular weight excluding hydrogens is 420 g/mol. The van der Waals surface area contributed by atoms with E-state index >= 15 is 0 Å². The summed E-state index contributed by atoms with van der Waals surface area (Å²) in [4.78, 5) is 37.4. The van der Waals surface area contributed by atoms with Crippen molar-refractivity contribution in [1.82, 2.24) is 10.6 Å². The van der Waals surface area contributed by atoms with E-state index in [2.05, 4.69) is 10.6 Å². The summed E-state index contributed by atoms with van der Waals surface area (Å²) in [7, 11) is 0. The second-order valence-electron chi connectivity index (χ2n) is 9.65. The zero-order chi connectivity index (χ0) is 22.5. The van der Waals surface area contributed by atoms with Crippen LogP contribution in [0.25, 0.3) is 0 Å². The predicted molar refractivity (Wildman–Crippen MR) is 111 cm³/mol. The van der Waals surface area contributed by atoms with Crippen molar-refractivity contribution < 1.29 is 27.9 Å². The van der Waals surface area contributed by atoms with Crippen molar-refractivity contribution >= 4 is 23.6 Å². The number of fused-ring (bicyclic) bond motifs is 3. The summed E-state index contributed by atoms with van der Waals surface area (Å²) in [6.45, 7) is 0.693. The van der Waals surface area contributed by atoms with Gasteiger partial charge in [0.15, 0.2) is 0 Å². The number of imide groups is 1. The molecule has 3 saturated carbocycles. The molecule has 172 valence electrons. The van der Waals surface area contributed by atoms with E-state index in [9.17, 15) is 23.2 Å². The van der Waals surface area contributed by atoms with Crippen LogP contribution in [-0.2, 0) is 14.3 Å². The highest BCUT2D eigenvalue weighted by Crippen LogP contribution is 2.44. The third-order valence-corrected chi connectivity index (χ3v) is 7.60. The Balaban J connectivity index is 1.17. The van der Waals surface area contributed by atoms with Crippen molar-refractivity contribution in [2.75, 3.05) is 18.0 Å². The van der Waals surface area contributed by atoms with Crippen molar-refractivity contribution in [1.29, 1.82) is 0 Å². The Morgan fingerprint density at radius 3 is 2.28 bits per heavy atom. The van der Waals surface area contributed by atoms with E-state index in [1.54, 1.807) is 4.90 Å². The molecule has 1 atom stereocenters. The fourth-order valence-electron chi connectivity index (χ4n) is 5.61. The van der Waals surface area contributed by atoms with Crippen LogP contribution < -0.4 is 15.5 Å². The van der Waals surface area contributed by atoms with Gasteiger partial charge in [0.2, 0.25) is 11.8 Å². The number of carbonyl (C=O) groups excluding carboxylic acids is 3. The summed E-state index contributed by atoms with van der Waals surface area (Å²) in [5.74, 6) is -2.97. The Kier molecular flexibility index (Phi) is 5.29. The van der Waals surface area contributed by atoms with Gasteiger partial charge in [-0.1, -0.05) is 0 Å². The number of anilines is 1. The maximum Gasteiger partial charge on any atom is 0.407 e. The van der Waals surface area contributed by atoms with E-state index in [0.717, 1.165) is 44.4 Å². The summed E-state index contributed by atoms with van der Waals surface area (Å²) in [5.41, 5.74) is -0.110. The molecular formula is C23H27F2N3O4. The summed E-state index contributed by atoms with van der Waals surface area (Å²) in [6.07, 6.45) is 5.84. The standard InChI is InChI=1S/C23H27F2N3O4/c24-17-9-14(10-18(25)20(17)16-1-2-19(29)26-21(16)30)28-11-15(12-28)32-22(31)27-23-6-3-13(4-7-23)5-8-23/h9-10,13,15-16H,1-8,11-12H2,(H,27,31)(H,26,29,30)/t13?,16-,23?/m0/s1. The monoisotopic (exact) mass is 447 g/mol. The van der Waals surface area contributed by atoms with Crippen molar-refractivity contribution in [2.24, 2.45) is 5.92 Å². The molecule has 0 radical (unpaired) electrons. The number of carbonyl (C=O) groups is 3. The summed E-state index contributed by atoms with van der Waals surface area (Å²) >= 11 is 0. The number of benzene rings is 1. The molecule has 1 aromatic carbocycles. The Bertz CT molecular complexity index is 918. The number of hydrogen-bond acceptors (Lipinski definition) is 5. The van der Waals surface area contributed by atoms with Gasteiger partial charge in [-0.05, 0) is 63.0 Å². The van der Waals surface area contributed by atoms with Crippen molar-refractivity contribution in [3.63, 3.8) is 0 Å². The number of halogens is 2. The third kappa shape index (κ3) is 3.93. The molecule has 2 bridgehead atoms. The molecule has 0 spiro atoms. The molecule has 0 aromatic heterocycles. The molecule has 3 aliphatic carbocycles. The normalized spacial score (nSPS) is 30.0. The van der Waals surface area contributed by atoms with Gasteiger partial charge in [0.25, 0.3) is 0 Å². The number of alkyl carbamates (subject to hydrolysis) is 1. The first-order valence-electron chi connectivity index (χ1n) is 11.4. The maximum atomic E-state index is 14.7. The van der Waals surface area contributed by atoms with Gasteiger partial charge in [0, 0.05) is 23.2 Å². The van der Waals surface area contributed by atoms with E-state index < -0.39 is 35.5 Å². The molecule has 7 nitrogen and oxygen atoms in total. The molecule has 5 fully saturated rings. The van der Waals surface area contributed by atoms with Gasteiger partial charge in [-0.25, -0.2) is 13.6 Å². The van der Waals surface area contributed by atoms with Gasteiger partial charge in [-0.2, -0.15) is 0 Å². The maximum absolute atomic E-state index is 14.7. The van der Waals surface area contributed by atoms with Gasteiger partial charge in [0.1, 0.15) is 17.7 Å². The number of hydrogen-bond donors (Lipinski definition) is 2. The molecule has 2 heterocycles. The van der Waals surface area contributed by atoms with E-state index in [1.807, 2.05) is 0 Å². The lowest BCUT2D eigenvalue weighted by atomic mass is 9.66. The Morgan fingerprint density at radius 2 is 1.69 bits per heavy atom. The highest BCUT2D eigenvalue weighted by atomic mass is 19.1. The van der Waals surface area contributed by atoms with Gasteiger partial charge < -0.3 is 15.0 Å². The number of nitrogens with one attached hydrogen (secondary N) is 2. The van der Waals surface area contributed by atoms with Crippen molar-refractivity contribution in [3.8, 4) is 0 Å². The Labute approximate surface area is 184 Å². The summed E-state index contributed by atoms with van der Waals surface area (Å²) < 4.78 is 34.9. The van der Waals surface area contributed by atoms with Gasteiger partial charge in [0.05, 0.1) is 19.0 Å². The zero-order valence-corrected chi connectivity index (χ0v) is 17.8. The van der Waals surface area contributed by atoms with Crippen molar-refractivity contribution in [3.05, 3.63) is 29.3 Å². The summed E-state index contributed by atoms with van der Waals surface area (Å²) in [6, 6.07) is 2.38. The highest BCUT2D eigenvalue weighted by molar-refractivity contribution is 6.01. The van der Waals surface area contributed by atoms with Crippen LogP contribution in [0.5, 0.6) is 0 Å². The van der Waals surface area contributed by atoms with Crippen molar-refractivity contribution in [2.45, 2.75) is 68.9 Å². The molecule has 6 rings (SSSR count). The van der Waals surface area contributed by atoms with Crippen LogP contribution in [0.15, 0.2) is 12.1 Å².